The van der Waals surface area contributed by atoms with E-state index in [1.54, 1.807) is 0 Å². The molecule has 4 rings (SSSR count). The molecule has 0 atom stereocenters. The average molecular weight is 403 g/mol. The van der Waals surface area contributed by atoms with Gasteiger partial charge in [-0.05, 0) is 46.5 Å². The maximum Gasteiger partial charge on any atom is 0.335 e. The number of rotatable bonds is 2. The monoisotopic (exact) mass is 402 g/mol. The Morgan fingerprint density at radius 1 is 0.414 bits per heavy atom. The number of benzene rings is 4. The molecule has 0 radical (unpaired) electrons. The zero-order valence-corrected chi connectivity index (χ0v) is 16.6. The second-order valence-corrected chi connectivity index (χ2v) is 6.18. The summed E-state index contributed by atoms with van der Waals surface area (Å²) in [6.07, 6.45) is 0. The minimum Gasteiger partial charge on any atom is -0.399 e. The maximum absolute atomic E-state index is 8.29. The van der Waals surface area contributed by atoms with Crippen molar-refractivity contribution in [2.24, 2.45) is 0 Å². The summed E-state index contributed by atoms with van der Waals surface area (Å²) < 4.78 is 16.6. The number of hydrogen-bond donors (Lipinski definition) is 2. The molecule has 29 heavy (non-hydrogen) atoms. The van der Waals surface area contributed by atoms with Crippen LogP contribution in [0.15, 0.2) is 109 Å². The molecular weight excluding hydrogens is 380 g/mol. The van der Waals surface area contributed by atoms with Gasteiger partial charge in [-0.2, -0.15) is 8.42 Å². The molecule has 0 aliphatic carbocycles. The highest BCUT2D eigenvalue weighted by Crippen LogP contribution is 2.20. The average Bonchev–Trinajstić information content (AvgIpc) is 2.77. The van der Waals surface area contributed by atoms with E-state index in [0.29, 0.717) is 0 Å². The molecule has 0 heterocycles. The van der Waals surface area contributed by atoms with E-state index in [-0.39, 0.29) is 0 Å². The summed E-state index contributed by atoms with van der Waals surface area (Å²) in [4.78, 5) is 0. The van der Waals surface area contributed by atoms with Gasteiger partial charge >= 0.3 is 11.6 Å². The van der Waals surface area contributed by atoms with Crippen LogP contribution in [0.25, 0.3) is 22.3 Å². The first kappa shape index (κ1) is 21.6. The Bertz CT molecular complexity index is 933. The number of nitrogens with two attached hydrogens (primary N) is 2. The van der Waals surface area contributed by atoms with Crippen molar-refractivity contribution in [1.29, 1.82) is 0 Å². The van der Waals surface area contributed by atoms with Crippen molar-refractivity contribution in [3.63, 3.8) is 0 Å². The molecule has 146 valence electrons. The fourth-order valence-corrected chi connectivity index (χ4v) is 2.61. The van der Waals surface area contributed by atoms with E-state index in [1.165, 1.54) is 22.3 Å². The van der Waals surface area contributed by atoms with Gasteiger partial charge in [-0.25, -0.2) is 0 Å². The van der Waals surface area contributed by atoms with Crippen LogP contribution in [-0.4, -0.2) is 8.42 Å². The van der Waals surface area contributed by atoms with Crippen molar-refractivity contribution in [2.45, 2.75) is 0 Å². The Labute approximate surface area is 174 Å². The molecule has 4 N–H and O–H groups in total. The van der Waals surface area contributed by atoms with Gasteiger partial charge in [-0.1, -0.05) is 84.9 Å². The van der Waals surface area contributed by atoms with Crippen LogP contribution in [-0.2, 0) is 11.6 Å². The smallest absolute Gasteiger partial charge is 0.335 e. The van der Waals surface area contributed by atoms with E-state index < -0.39 is 11.6 Å². The van der Waals surface area contributed by atoms with Gasteiger partial charge < -0.3 is 11.5 Å². The van der Waals surface area contributed by atoms with Gasteiger partial charge in [0, 0.05) is 11.4 Å². The predicted octanol–water partition coefficient (Wildman–Crippen LogP) is 5.20. The van der Waals surface area contributed by atoms with E-state index in [4.69, 9.17) is 19.9 Å². The Morgan fingerprint density at radius 2 is 0.655 bits per heavy atom. The first-order valence-corrected chi connectivity index (χ1v) is 9.54. The van der Waals surface area contributed by atoms with Gasteiger partial charge in [0.1, 0.15) is 0 Å². The highest BCUT2D eigenvalue weighted by atomic mass is 32.1. The molecule has 4 aromatic carbocycles. The summed E-state index contributed by atoms with van der Waals surface area (Å²) in [5.74, 6) is 0. The predicted molar refractivity (Wildman–Crippen MR) is 122 cm³/mol. The van der Waals surface area contributed by atoms with Gasteiger partial charge in [-0.15, -0.1) is 0 Å². The highest BCUT2D eigenvalue weighted by Gasteiger charge is 1.95. The standard InChI is InChI=1S/2C12H11N.O2S/c2*13-12-8-6-11(7-9-12)10-4-2-1-3-5-10;1-3-2/h2*1-9H,13H2;. The second kappa shape index (κ2) is 11.9. The van der Waals surface area contributed by atoms with Crippen molar-refractivity contribution in [2.75, 3.05) is 11.5 Å². The Morgan fingerprint density at radius 3 is 0.931 bits per heavy atom. The molecule has 0 bridgehead atoms. The van der Waals surface area contributed by atoms with Crippen LogP contribution in [0.2, 0.25) is 0 Å². The van der Waals surface area contributed by atoms with E-state index in [0.717, 1.165) is 11.4 Å². The van der Waals surface area contributed by atoms with Gasteiger partial charge in [0.15, 0.2) is 0 Å². The minimum absolute atomic E-state index is 0.750. The third-order valence-electron chi connectivity index (χ3n) is 4.04. The number of hydrogen-bond acceptors (Lipinski definition) is 4. The van der Waals surface area contributed by atoms with Crippen LogP contribution < -0.4 is 11.5 Å². The van der Waals surface area contributed by atoms with Crippen LogP contribution in [0.3, 0.4) is 0 Å². The molecule has 5 heteroatoms. The topological polar surface area (TPSA) is 86.2 Å². The molecule has 0 fully saturated rings. The van der Waals surface area contributed by atoms with Crippen molar-refractivity contribution in [1.82, 2.24) is 0 Å². The lowest BCUT2D eigenvalue weighted by molar-refractivity contribution is 0.630. The van der Waals surface area contributed by atoms with E-state index in [9.17, 15) is 0 Å². The van der Waals surface area contributed by atoms with Crippen LogP contribution in [0.1, 0.15) is 0 Å². The van der Waals surface area contributed by atoms with Crippen molar-refractivity contribution in [3.8, 4) is 22.3 Å². The summed E-state index contributed by atoms with van der Waals surface area (Å²) in [6, 6.07) is 36.3. The zero-order chi connectivity index (χ0) is 20.9. The van der Waals surface area contributed by atoms with Crippen molar-refractivity contribution >= 4 is 22.9 Å². The summed E-state index contributed by atoms with van der Waals surface area (Å²) in [5.41, 5.74) is 17.7. The normalized spacial score (nSPS) is 9.24. The van der Waals surface area contributed by atoms with Crippen LogP contribution in [0.5, 0.6) is 0 Å². The van der Waals surface area contributed by atoms with Crippen LogP contribution in [0.4, 0.5) is 11.4 Å². The van der Waals surface area contributed by atoms with Gasteiger partial charge in [-0.3, -0.25) is 0 Å². The Hall–Kier alpha value is -3.70. The van der Waals surface area contributed by atoms with E-state index >= 15 is 0 Å². The lowest BCUT2D eigenvalue weighted by Gasteiger charge is -2.00. The highest BCUT2D eigenvalue weighted by molar-refractivity contribution is 7.51. The molecule has 0 unspecified atom stereocenters. The fraction of sp³-hybridized carbons (Fsp3) is 0. The third-order valence-corrected chi connectivity index (χ3v) is 4.04. The molecule has 4 aromatic rings. The lowest BCUT2D eigenvalue weighted by Crippen LogP contribution is -1.83. The summed E-state index contributed by atoms with van der Waals surface area (Å²) in [7, 11) is 0. The minimum atomic E-state index is -0.750. The molecule has 4 nitrogen and oxygen atoms in total. The largest absolute Gasteiger partial charge is 0.399 e. The number of anilines is 2. The molecule has 0 spiro atoms. The quantitative estimate of drug-likeness (QED) is 0.451. The third kappa shape index (κ3) is 7.44. The molecule has 0 amide bonds. The van der Waals surface area contributed by atoms with Crippen LogP contribution in [0, 0.1) is 0 Å². The second-order valence-electron chi connectivity index (χ2n) is 6.04. The molecule has 0 saturated carbocycles. The molecule has 0 saturated heterocycles. The van der Waals surface area contributed by atoms with Crippen molar-refractivity contribution in [3.05, 3.63) is 109 Å². The Kier molecular flexibility index (Phi) is 8.86. The fourth-order valence-electron chi connectivity index (χ4n) is 2.61. The number of nitrogen functional groups attached to an aromatic ring is 2. The van der Waals surface area contributed by atoms with Crippen LogP contribution >= 0.6 is 0 Å². The molecule has 0 aliphatic heterocycles. The molecule has 0 aromatic heterocycles. The Balaban J connectivity index is 0.000000183. The van der Waals surface area contributed by atoms with E-state index in [2.05, 4.69) is 24.3 Å². The lowest BCUT2D eigenvalue weighted by atomic mass is 10.1. The van der Waals surface area contributed by atoms with Crippen molar-refractivity contribution < 1.29 is 8.42 Å². The molecular formula is C24H22N2O2S. The first-order chi connectivity index (χ1) is 14.1. The van der Waals surface area contributed by atoms with Gasteiger partial charge in [0.2, 0.25) is 0 Å². The zero-order valence-electron chi connectivity index (χ0n) is 15.8. The first-order valence-electron chi connectivity index (χ1n) is 8.87. The SMILES string of the molecule is Nc1ccc(-c2ccccc2)cc1.Nc1ccc(-c2ccccc2)cc1.O=S=O. The molecule has 0 aliphatic rings. The summed E-state index contributed by atoms with van der Waals surface area (Å²) in [6.45, 7) is 0. The van der Waals surface area contributed by atoms with Gasteiger partial charge in [0.05, 0.1) is 0 Å². The maximum atomic E-state index is 8.29. The van der Waals surface area contributed by atoms with Gasteiger partial charge in [0.25, 0.3) is 0 Å². The summed E-state index contributed by atoms with van der Waals surface area (Å²) in [5, 5.41) is 0. The summed E-state index contributed by atoms with van der Waals surface area (Å²) >= 11 is -0.750. The van der Waals surface area contributed by atoms with E-state index in [1.807, 2.05) is 84.9 Å².